The van der Waals surface area contributed by atoms with Crippen LogP contribution in [0.1, 0.15) is 32.2 Å². The molecule has 0 saturated heterocycles. The number of aromatic nitrogens is 2. The van der Waals surface area contributed by atoms with Crippen molar-refractivity contribution in [3.63, 3.8) is 0 Å². The quantitative estimate of drug-likeness (QED) is 0.678. The first-order valence-electron chi connectivity index (χ1n) is 6.84. The lowest BCUT2D eigenvalue weighted by Gasteiger charge is -2.20. The van der Waals surface area contributed by atoms with Crippen molar-refractivity contribution in [2.45, 2.75) is 39.4 Å². The molecule has 0 fully saturated rings. The Morgan fingerprint density at radius 3 is 2.71 bits per heavy atom. The van der Waals surface area contributed by atoms with E-state index in [0.29, 0.717) is 18.7 Å². The van der Waals surface area contributed by atoms with Crippen molar-refractivity contribution in [2.75, 3.05) is 0 Å². The summed E-state index contributed by atoms with van der Waals surface area (Å²) in [5, 5.41) is 14.4. The molecule has 2 aromatic rings. The highest BCUT2D eigenvalue weighted by Gasteiger charge is 2.15. The molecule has 0 radical (unpaired) electrons. The van der Waals surface area contributed by atoms with E-state index in [0.717, 1.165) is 5.82 Å². The number of nitro benzene ring substituents is 1. The van der Waals surface area contributed by atoms with Gasteiger partial charge < -0.3 is 9.88 Å². The van der Waals surface area contributed by atoms with Gasteiger partial charge in [0, 0.05) is 29.6 Å². The fourth-order valence-electron chi connectivity index (χ4n) is 2.00. The summed E-state index contributed by atoms with van der Waals surface area (Å²) in [6, 6.07) is 6.79. The maximum absolute atomic E-state index is 11.1. The highest BCUT2D eigenvalue weighted by Crippen LogP contribution is 2.19. The number of rotatable bonds is 5. The van der Waals surface area contributed by atoms with Gasteiger partial charge in [0.25, 0.3) is 5.69 Å². The number of nitro groups is 1. The van der Waals surface area contributed by atoms with Crippen LogP contribution in [-0.4, -0.2) is 20.0 Å². The second-order valence-corrected chi connectivity index (χ2v) is 5.96. The van der Waals surface area contributed by atoms with Crippen molar-refractivity contribution in [3.05, 3.63) is 58.2 Å². The third-order valence-corrected chi connectivity index (χ3v) is 3.11. The van der Waals surface area contributed by atoms with Gasteiger partial charge in [0.2, 0.25) is 0 Å². The van der Waals surface area contributed by atoms with Crippen LogP contribution >= 0.6 is 0 Å². The van der Waals surface area contributed by atoms with Crippen molar-refractivity contribution in [1.29, 1.82) is 0 Å². The third kappa shape index (κ3) is 4.13. The molecule has 0 saturated carbocycles. The molecule has 0 unspecified atom stereocenters. The average molecular weight is 288 g/mol. The third-order valence-electron chi connectivity index (χ3n) is 3.11. The molecule has 0 aliphatic rings. The zero-order chi connectivity index (χ0) is 15.5. The highest BCUT2D eigenvalue weighted by atomic mass is 16.6. The molecule has 112 valence electrons. The van der Waals surface area contributed by atoms with Gasteiger partial charge in [-0.3, -0.25) is 10.1 Å². The predicted molar refractivity (Wildman–Crippen MR) is 81.0 cm³/mol. The van der Waals surface area contributed by atoms with Gasteiger partial charge in [0.15, 0.2) is 0 Å². The lowest BCUT2D eigenvalue weighted by atomic mass is 10.1. The molecule has 0 amide bonds. The van der Waals surface area contributed by atoms with E-state index in [4.69, 9.17) is 0 Å². The number of imidazole rings is 1. The number of nitrogens with one attached hydrogen (secondary N) is 1. The maximum Gasteiger partial charge on any atom is 0.274 e. The maximum atomic E-state index is 11.1. The summed E-state index contributed by atoms with van der Waals surface area (Å²) in [4.78, 5) is 15.0. The fraction of sp³-hybridized carbons (Fsp3) is 0.400. The summed E-state index contributed by atoms with van der Waals surface area (Å²) in [6.45, 7) is 7.32. The molecule has 6 heteroatoms. The van der Waals surface area contributed by atoms with Crippen molar-refractivity contribution in [3.8, 4) is 0 Å². The van der Waals surface area contributed by atoms with E-state index in [1.165, 1.54) is 6.07 Å². The lowest BCUT2D eigenvalue weighted by molar-refractivity contribution is -0.385. The Hall–Kier alpha value is -2.21. The number of hydrogen-bond acceptors (Lipinski definition) is 4. The van der Waals surface area contributed by atoms with Gasteiger partial charge in [0.05, 0.1) is 18.0 Å². The van der Waals surface area contributed by atoms with Crippen LogP contribution < -0.4 is 5.32 Å². The summed E-state index contributed by atoms with van der Waals surface area (Å²) in [6.07, 6.45) is 3.56. The molecular weight excluding hydrogens is 268 g/mol. The van der Waals surface area contributed by atoms with Crippen molar-refractivity contribution in [2.24, 2.45) is 0 Å². The first kappa shape index (κ1) is 15.2. The first-order valence-corrected chi connectivity index (χ1v) is 6.84. The van der Waals surface area contributed by atoms with Gasteiger partial charge >= 0.3 is 0 Å². The molecule has 1 aromatic heterocycles. The minimum absolute atomic E-state index is 0.00444. The largest absolute Gasteiger partial charge is 0.329 e. The number of para-hydroxylation sites is 1. The van der Waals surface area contributed by atoms with E-state index in [2.05, 4.69) is 31.1 Å². The van der Waals surface area contributed by atoms with Crippen LogP contribution in [0.2, 0.25) is 0 Å². The minimum atomic E-state index is -0.348. The van der Waals surface area contributed by atoms with Gasteiger partial charge in [-0.15, -0.1) is 0 Å². The van der Waals surface area contributed by atoms with Gasteiger partial charge in [-0.25, -0.2) is 4.98 Å². The number of hydrogen-bond donors (Lipinski definition) is 1. The number of nitrogens with zero attached hydrogens (tertiary/aromatic N) is 3. The molecule has 0 bridgehead atoms. The molecule has 1 aromatic carbocycles. The predicted octanol–water partition coefficient (Wildman–Crippen LogP) is 2.73. The van der Waals surface area contributed by atoms with Crippen molar-refractivity contribution >= 4 is 5.69 Å². The highest BCUT2D eigenvalue weighted by molar-refractivity contribution is 5.40. The van der Waals surface area contributed by atoms with Crippen molar-refractivity contribution in [1.82, 2.24) is 14.9 Å². The Morgan fingerprint density at radius 1 is 1.33 bits per heavy atom. The second-order valence-electron chi connectivity index (χ2n) is 5.96. The molecule has 21 heavy (non-hydrogen) atoms. The molecule has 6 nitrogen and oxygen atoms in total. The molecule has 2 rings (SSSR count). The minimum Gasteiger partial charge on any atom is -0.329 e. The Kier molecular flexibility index (Phi) is 4.37. The summed E-state index contributed by atoms with van der Waals surface area (Å²) in [7, 11) is 0. The molecule has 1 heterocycles. The van der Waals surface area contributed by atoms with Gasteiger partial charge in [0.1, 0.15) is 5.82 Å². The topological polar surface area (TPSA) is 73.0 Å². The van der Waals surface area contributed by atoms with Gasteiger partial charge in [-0.2, -0.15) is 0 Å². The summed E-state index contributed by atoms with van der Waals surface area (Å²) in [5.41, 5.74) is 0.814. The molecule has 0 aliphatic heterocycles. The van der Waals surface area contributed by atoms with Crippen LogP contribution in [-0.2, 0) is 13.1 Å². The van der Waals surface area contributed by atoms with E-state index in [1.807, 2.05) is 16.8 Å². The van der Waals surface area contributed by atoms with E-state index in [9.17, 15) is 10.1 Å². The average Bonchev–Trinajstić information content (AvgIpc) is 2.83. The van der Waals surface area contributed by atoms with Crippen LogP contribution in [0, 0.1) is 10.1 Å². The smallest absolute Gasteiger partial charge is 0.274 e. The van der Waals surface area contributed by atoms with Gasteiger partial charge in [-0.1, -0.05) is 18.2 Å². The molecule has 0 aliphatic carbocycles. The Bertz CT molecular complexity index is 629. The molecule has 1 N–H and O–H groups in total. The molecular formula is C15H20N4O2. The first-order chi connectivity index (χ1) is 9.87. The van der Waals surface area contributed by atoms with E-state index in [-0.39, 0.29) is 16.1 Å². The zero-order valence-electron chi connectivity index (χ0n) is 12.5. The Balaban J connectivity index is 2.18. The summed E-state index contributed by atoms with van der Waals surface area (Å²) < 4.78 is 1.93. The van der Waals surface area contributed by atoms with Gasteiger partial charge in [-0.05, 0) is 20.8 Å². The normalized spacial score (nSPS) is 11.6. The van der Waals surface area contributed by atoms with E-state index in [1.54, 1.807) is 18.3 Å². The fourth-order valence-corrected chi connectivity index (χ4v) is 2.00. The van der Waals surface area contributed by atoms with Crippen molar-refractivity contribution < 1.29 is 4.92 Å². The van der Waals surface area contributed by atoms with E-state index >= 15 is 0 Å². The molecule has 0 atom stereocenters. The standard InChI is InChI=1S/C15H20N4O2/c1-15(2,3)17-10-14-16-8-9-18(14)11-12-6-4-5-7-13(12)19(20)21/h4-9,17H,10-11H2,1-3H3. The van der Waals surface area contributed by atoms with Crippen LogP contribution in [0.3, 0.4) is 0 Å². The van der Waals surface area contributed by atoms with E-state index < -0.39 is 0 Å². The van der Waals surface area contributed by atoms with Crippen LogP contribution in [0.4, 0.5) is 5.69 Å². The number of benzene rings is 1. The summed E-state index contributed by atoms with van der Waals surface area (Å²) >= 11 is 0. The van der Waals surface area contributed by atoms with Crippen LogP contribution in [0.25, 0.3) is 0 Å². The Morgan fingerprint density at radius 2 is 2.05 bits per heavy atom. The monoisotopic (exact) mass is 288 g/mol. The summed E-state index contributed by atoms with van der Waals surface area (Å²) in [5.74, 6) is 0.864. The van der Waals surface area contributed by atoms with Crippen LogP contribution in [0.5, 0.6) is 0 Å². The van der Waals surface area contributed by atoms with Crippen LogP contribution in [0.15, 0.2) is 36.7 Å². The Labute approximate surface area is 124 Å². The molecule has 0 spiro atoms. The SMILES string of the molecule is CC(C)(C)NCc1nccn1Cc1ccccc1[N+](=O)[O-]. The zero-order valence-corrected chi connectivity index (χ0v) is 12.5. The second kappa shape index (κ2) is 6.05. The lowest BCUT2D eigenvalue weighted by Crippen LogP contribution is -2.36.